The second-order valence-corrected chi connectivity index (χ2v) is 8.80. The summed E-state index contributed by atoms with van der Waals surface area (Å²) in [6, 6.07) is 3.11. The van der Waals surface area contributed by atoms with Gasteiger partial charge in [0.25, 0.3) is 0 Å². The Kier molecular flexibility index (Phi) is 2.78. The van der Waals surface area contributed by atoms with E-state index in [-0.39, 0.29) is 0 Å². The van der Waals surface area contributed by atoms with Crippen molar-refractivity contribution in [2.45, 2.75) is 88.4 Å². The van der Waals surface area contributed by atoms with Crippen LogP contribution in [-0.2, 0) is 0 Å². The monoisotopic (exact) mass is 274 g/mol. The highest BCUT2D eigenvalue weighted by molar-refractivity contribution is 5.05. The van der Waals surface area contributed by atoms with Gasteiger partial charge in [-0.15, -0.1) is 0 Å². The molecule has 2 aliphatic heterocycles. The van der Waals surface area contributed by atoms with Gasteiger partial charge in [-0.25, -0.2) is 0 Å². The summed E-state index contributed by atoms with van der Waals surface area (Å²) in [5.74, 6) is 4.49. The highest BCUT2D eigenvalue weighted by atomic mass is 15.2. The summed E-state index contributed by atoms with van der Waals surface area (Å²) in [6.07, 6.45) is 14.7. The Morgan fingerprint density at radius 1 is 0.700 bits per heavy atom. The highest BCUT2D eigenvalue weighted by Gasteiger charge is 2.53. The molecule has 2 heteroatoms. The van der Waals surface area contributed by atoms with Gasteiger partial charge in [-0.05, 0) is 81.5 Å². The van der Waals surface area contributed by atoms with Crippen LogP contribution in [-0.4, -0.2) is 29.1 Å². The molecule has 0 aromatic carbocycles. The van der Waals surface area contributed by atoms with Crippen LogP contribution in [0, 0.1) is 23.7 Å². The zero-order valence-electron chi connectivity index (χ0n) is 12.7. The van der Waals surface area contributed by atoms with Crippen molar-refractivity contribution >= 4 is 0 Å². The van der Waals surface area contributed by atoms with Crippen molar-refractivity contribution in [1.82, 2.24) is 4.90 Å². The highest BCUT2D eigenvalue weighted by Crippen LogP contribution is 2.59. The average Bonchev–Trinajstić information content (AvgIpc) is 2.59. The molecule has 2 saturated heterocycles. The maximum atomic E-state index is 6.32. The van der Waals surface area contributed by atoms with Gasteiger partial charge >= 0.3 is 0 Å². The minimum Gasteiger partial charge on any atom is -0.328 e. The quantitative estimate of drug-likeness (QED) is 0.796. The van der Waals surface area contributed by atoms with Crippen LogP contribution < -0.4 is 5.73 Å². The van der Waals surface area contributed by atoms with Gasteiger partial charge in [0.1, 0.15) is 0 Å². The van der Waals surface area contributed by atoms with Gasteiger partial charge < -0.3 is 5.73 Å². The summed E-state index contributed by atoms with van der Waals surface area (Å²) in [5, 5.41) is 0. The van der Waals surface area contributed by atoms with Crippen molar-refractivity contribution in [2.75, 3.05) is 0 Å². The molecule has 5 fully saturated rings. The molecule has 20 heavy (non-hydrogen) atoms. The van der Waals surface area contributed by atoms with Crippen molar-refractivity contribution in [1.29, 1.82) is 0 Å². The molecule has 2 heterocycles. The smallest absolute Gasteiger partial charge is 0.0116 e. The Morgan fingerprint density at radius 2 is 1.45 bits per heavy atom. The van der Waals surface area contributed by atoms with Crippen LogP contribution in [0.4, 0.5) is 0 Å². The standard InChI is InChI=1S/C18H30N2/c19-14-9-15-2-1-3-16(10-14)20(15)17-5-11-4-12-7-13(8-17)18(12)6-11/h11-18H,1-10,19H2/t11-,12+,13+,14?,15-,16+,17-,18?/m1/s1. The topological polar surface area (TPSA) is 29.3 Å². The Hall–Kier alpha value is -0.0800. The van der Waals surface area contributed by atoms with Gasteiger partial charge in [-0.2, -0.15) is 0 Å². The molecule has 112 valence electrons. The second kappa shape index (κ2) is 4.46. The van der Waals surface area contributed by atoms with Crippen molar-refractivity contribution in [3.8, 4) is 0 Å². The van der Waals surface area contributed by atoms with E-state index in [1.807, 2.05) is 0 Å². The Labute approximate surface area is 123 Å². The normalized spacial score (nSPS) is 58.0. The van der Waals surface area contributed by atoms with E-state index in [4.69, 9.17) is 5.73 Å². The van der Waals surface area contributed by atoms with E-state index in [2.05, 4.69) is 4.90 Å². The van der Waals surface area contributed by atoms with E-state index >= 15 is 0 Å². The first-order valence-corrected chi connectivity index (χ1v) is 9.31. The van der Waals surface area contributed by atoms with E-state index in [1.54, 1.807) is 25.7 Å². The third-order valence-corrected chi connectivity index (χ3v) is 7.73. The lowest BCUT2D eigenvalue weighted by Crippen LogP contribution is -2.59. The molecule has 3 aliphatic carbocycles. The third-order valence-electron chi connectivity index (χ3n) is 7.73. The minimum absolute atomic E-state index is 0.497. The van der Waals surface area contributed by atoms with Crippen molar-refractivity contribution in [3.05, 3.63) is 0 Å². The van der Waals surface area contributed by atoms with Crippen LogP contribution in [0.2, 0.25) is 0 Å². The van der Waals surface area contributed by atoms with Gasteiger partial charge in [-0.1, -0.05) is 6.42 Å². The largest absolute Gasteiger partial charge is 0.328 e. The fourth-order valence-electron chi connectivity index (χ4n) is 7.09. The fraction of sp³-hybridized carbons (Fsp3) is 1.00. The second-order valence-electron chi connectivity index (χ2n) is 8.80. The zero-order valence-corrected chi connectivity index (χ0v) is 12.7. The van der Waals surface area contributed by atoms with Crippen LogP contribution in [0.5, 0.6) is 0 Å². The van der Waals surface area contributed by atoms with Gasteiger partial charge in [0, 0.05) is 24.2 Å². The van der Waals surface area contributed by atoms with E-state index in [9.17, 15) is 0 Å². The summed E-state index contributed by atoms with van der Waals surface area (Å²) < 4.78 is 0. The molecule has 5 rings (SSSR count). The molecule has 0 amide bonds. The molecular weight excluding hydrogens is 244 g/mol. The Morgan fingerprint density at radius 3 is 2.25 bits per heavy atom. The molecule has 2 unspecified atom stereocenters. The van der Waals surface area contributed by atoms with Gasteiger partial charge in [-0.3, -0.25) is 4.90 Å². The van der Waals surface area contributed by atoms with Crippen molar-refractivity contribution < 1.29 is 0 Å². The summed E-state index contributed by atoms with van der Waals surface area (Å²) in [5.41, 5.74) is 6.32. The van der Waals surface area contributed by atoms with E-state index in [0.717, 1.165) is 41.8 Å². The molecule has 0 aromatic heterocycles. The summed E-state index contributed by atoms with van der Waals surface area (Å²) >= 11 is 0. The van der Waals surface area contributed by atoms with Crippen molar-refractivity contribution in [2.24, 2.45) is 29.4 Å². The molecule has 4 bridgehead atoms. The van der Waals surface area contributed by atoms with Crippen LogP contribution in [0.3, 0.4) is 0 Å². The minimum atomic E-state index is 0.497. The number of piperidine rings is 2. The molecule has 5 aliphatic rings. The van der Waals surface area contributed by atoms with E-state index in [1.165, 1.54) is 38.5 Å². The number of nitrogens with zero attached hydrogens (tertiary/aromatic N) is 1. The SMILES string of the molecule is NC1C[C@H]2CCC[C@@H](C1)N2[C@@H]1C[C@@H]2CC3[C@@H](C2)C[C@H]3C1. The van der Waals surface area contributed by atoms with E-state index in [0.29, 0.717) is 6.04 Å². The number of hydrogen-bond acceptors (Lipinski definition) is 2. The lowest BCUT2D eigenvalue weighted by atomic mass is 9.64. The van der Waals surface area contributed by atoms with Gasteiger partial charge in [0.15, 0.2) is 0 Å². The van der Waals surface area contributed by atoms with Crippen molar-refractivity contribution in [3.63, 3.8) is 0 Å². The fourth-order valence-corrected chi connectivity index (χ4v) is 7.09. The first-order chi connectivity index (χ1) is 9.78. The van der Waals surface area contributed by atoms with Crippen LogP contribution in [0.15, 0.2) is 0 Å². The molecule has 0 radical (unpaired) electrons. The summed E-state index contributed by atoms with van der Waals surface area (Å²) in [6.45, 7) is 0. The summed E-state index contributed by atoms with van der Waals surface area (Å²) in [7, 11) is 0. The lowest BCUT2D eigenvalue weighted by Gasteiger charge is -2.54. The van der Waals surface area contributed by atoms with Gasteiger partial charge in [0.2, 0.25) is 0 Å². The molecular formula is C18H30N2. The van der Waals surface area contributed by atoms with Crippen LogP contribution >= 0.6 is 0 Å². The predicted octanol–water partition coefficient (Wildman–Crippen LogP) is 3.16. The van der Waals surface area contributed by atoms with Crippen LogP contribution in [0.25, 0.3) is 0 Å². The number of nitrogens with two attached hydrogens (primary N) is 1. The molecule has 8 atom stereocenters. The third kappa shape index (κ3) is 1.76. The molecule has 2 N–H and O–H groups in total. The Balaban J connectivity index is 1.39. The van der Waals surface area contributed by atoms with Gasteiger partial charge in [0.05, 0.1) is 0 Å². The first-order valence-electron chi connectivity index (χ1n) is 9.31. The average molecular weight is 274 g/mol. The molecule has 0 aromatic rings. The van der Waals surface area contributed by atoms with Crippen LogP contribution in [0.1, 0.15) is 64.2 Å². The number of hydrogen-bond donors (Lipinski definition) is 1. The predicted molar refractivity (Wildman–Crippen MR) is 81.3 cm³/mol. The molecule has 3 saturated carbocycles. The zero-order chi connectivity index (χ0) is 13.3. The van der Waals surface area contributed by atoms with E-state index < -0.39 is 0 Å². The summed E-state index contributed by atoms with van der Waals surface area (Å²) in [4.78, 5) is 3.01. The number of rotatable bonds is 1. The molecule has 2 nitrogen and oxygen atoms in total. The maximum absolute atomic E-state index is 6.32. The number of fused-ring (bicyclic) bond motifs is 3. The Bertz CT molecular complexity index is 377. The lowest BCUT2D eigenvalue weighted by molar-refractivity contribution is -0.0354. The first kappa shape index (κ1) is 12.5. The molecule has 0 spiro atoms. The maximum Gasteiger partial charge on any atom is 0.0116 e.